The SMILES string of the molecule is COc1cc(C=C2C(=N)N3N=C(c4ccccc4Cl)SC3=NC2=O)ccc1OCc1cccc2ccccc12. The van der Waals surface area contributed by atoms with Crippen molar-refractivity contribution in [3.8, 4) is 11.5 Å². The van der Waals surface area contributed by atoms with Gasteiger partial charge in [0.05, 0.1) is 17.7 Å². The molecule has 7 nitrogen and oxygen atoms in total. The molecule has 2 aliphatic heterocycles. The minimum absolute atomic E-state index is 0.0604. The Morgan fingerprint density at radius 3 is 2.64 bits per heavy atom. The number of hydrogen-bond donors (Lipinski definition) is 1. The Labute approximate surface area is 233 Å². The second-order valence-corrected chi connectivity index (χ2v) is 10.1. The summed E-state index contributed by atoms with van der Waals surface area (Å²) in [5, 5.41) is 18.3. The highest BCUT2D eigenvalue weighted by Crippen LogP contribution is 2.34. The monoisotopic (exact) mass is 552 g/mol. The van der Waals surface area contributed by atoms with E-state index in [4.69, 9.17) is 26.5 Å². The van der Waals surface area contributed by atoms with Crippen LogP contribution in [-0.2, 0) is 11.4 Å². The minimum atomic E-state index is -0.510. The minimum Gasteiger partial charge on any atom is -0.493 e. The van der Waals surface area contributed by atoms with Crippen molar-refractivity contribution in [3.05, 3.63) is 112 Å². The van der Waals surface area contributed by atoms with Gasteiger partial charge in [-0.2, -0.15) is 15.1 Å². The number of hydrazone groups is 1. The summed E-state index contributed by atoms with van der Waals surface area (Å²) in [6.07, 6.45) is 1.61. The molecular formula is C30H21ClN4O3S. The molecule has 0 aromatic heterocycles. The van der Waals surface area contributed by atoms with Crippen LogP contribution in [0.4, 0.5) is 0 Å². The highest BCUT2D eigenvalue weighted by Gasteiger charge is 2.36. The van der Waals surface area contributed by atoms with Gasteiger partial charge in [-0.05, 0) is 57.9 Å². The Hall–Kier alpha value is -4.40. The molecular weight excluding hydrogens is 532 g/mol. The van der Waals surface area contributed by atoms with Gasteiger partial charge in [-0.25, -0.2) is 0 Å². The molecule has 0 atom stereocenters. The third kappa shape index (κ3) is 4.80. The number of methoxy groups -OCH3 is 1. The molecule has 0 spiro atoms. The summed E-state index contributed by atoms with van der Waals surface area (Å²) in [7, 11) is 1.56. The van der Waals surface area contributed by atoms with E-state index in [1.54, 1.807) is 31.4 Å². The number of amides is 1. The van der Waals surface area contributed by atoms with Crippen molar-refractivity contribution in [2.75, 3.05) is 7.11 Å². The molecule has 4 aromatic carbocycles. The smallest absolute Gasteiger partial charge is 0.283 e. The largest absolute Gasteiger partial charge is 0.493 e. The van der Waals surface area contributed by atoms with Gasteiger partial charge in [0, 0.05) is 5.56 Å². The molecule has 2 heterocycles. The maximum Gasteiger partial charge on any atom is 0.283 e. The zero-order valence-corrected chi connectivity index (χ0v) is 22.3. The topological polar surface area (TPSA) is 87.3 Å². The summed E-state index contributed by atoms with van der Waals surface area (Å²) < 4.78 is 11.7. The van der Waals surface area contributed by atoms with Gasteiger partial charge in [-0.15, -0.1) is 0 Å². The standard InChI is InChI=1S/C30H21ClN4O3S/c1-37-26-16-18(13-14-25(26)38-17-20-9-6-8-19-7-2-3-10-21(19)20)15-23-27(32)35-30(33-28(23)36)39-29(34-35)22-11-4-5-12-24(22)31/h2-16,32H,17H2,1H3. The Morgan fingerprint density at radius 1 is 1.00 bits per heavy atom. The number of nitrogens with zero attached hydrogens (tertiary/aromatic N) is 3. The van der Waals surface area contributed by atoms with Crippen LogP contribution >= 0.6 is 23.4 Å². The van der Waals surface area contributed by atoms with Crippen molar-refractivity contribution in [1.29, 1.82) is 5.41 Å². The number of halogens is 1. The van der Waals surface area contributed by atoms with E-state index in [1.807, 2.05) is 48.5 Å². The van der Waals surface area contributed by atoms with Crippen LogP contribution < -0.4 is 9.47 Å². The molecule has 0 fully saturated rings. The number of carbonyl (C=O) groups excluding carboxylic acids is 1. The van der Waals surface area contributed by atoms with Crippen molar-refractivity contribution in [3.63, 3.8) is 0 Å². The van der Waals surface area contributed by atoms with E-state index in [1.165, 1.54) is 16.8 Å². The molecule has 192 valence electrons. The van der Waals surface area contributed by atoms with Gasteiger partial charge in [0.1, 0.15) is 11.7 Å². The number of rotatable bonds is 6. The lowest BCUT2D eigenvalue weighted by atomic mass is 10.1. The number of hydrogen-bond acceptors (Lipinski definition) is 6. The van der Waals surface area contributed by atoms with Crippen LogP contribution in [-0.4, -0.2) is 34.1 Å². The molecule has 0 saturated heterocycles. The van der Waals surface area contributed by atoms with E-state index < -0.39 is 5.91 Å². The van der Waals surface area contributed by atoms with Crippen LogP contribution in [0.5, 0.6) is 11.5 Å². The maximum absolute atomic E-state index is 12.9. The lowest BCUT2D eigenvalue weighted by Gasteiger charge is -2.20. The van der Waals surface area contributed by atoms with Crippen molar-refractivity contribution in [1.82, 2.24) is 5.01 Å². The summed E-state index contributed by atoms with van der Waals surface area (Å²) >= 11 is 7.53. The summed E-state index contributed by atoms with van der Waals surface area (Å²) in [5.74, 6) is 0.515. The molecule has 0 saturated carbocycles. The first kappa shape index (κ1) is 24.9. The number of aliphatic imine (C=N–C) groups is 1. The fraction of sp³-hybridized carbons (Fsp3) is 0.0667. The Balaban J connectivity index is 1.24. The van der Waals surface area contributed by atoms with Gasteiger partial charge in [0.2, 0.25) is 5.17 Å². The number of ether oxygens (including phenoxy) is 2. The van der Waals surface area contributed by atoms with Gasteiger partial charge in [0.25, 0.3) is 5.91 Å². The summed E-state index contributed by atoms with van der Waals surface area (Å²) in [6.45, 7) is 0.372. The molecule has 1 amide bonds. The van der Waals surface area contributed by atoms with Gasteiger partial charge < -0.3 is 9.47 Å². The fourth-order valence-electron chi connectivity index (χ4n) is 4.37. The molecule has 0 bridgehead atoms. The number of fused-ring (bicyclic) bond motifs is 2. The number of carbonyl (C=O) groups is 1. The van der Waals surface area contributed by atoms with E-state index in [2.05, 4.69) is 28.3 Å². The molecule has 6 rings (SSSR count). The predicted octanol–water partition coefficient (Wildman–Crippen LogP) is 6.75. The van der Waals surface area contributed by atoms with E-state index in [0.717, 1.165) is 21.9 Å². The first-order chi connectivity index (χ1) is 19.0. The van der Waals surface area contributed by atoms with Gasteiger partial charge in [0.15, 0.2) is 17.3 Å². The Bertz CT molecular complexity index is 1740. The number of nitrogens with one attached hydrogen (secondary N) is 1. The number of benzene rings is 4. The normalized spacial score (nSPS) is 15.8. The third-order valence-corrected chi connectivity index (χ3v) is 7.59. The lowest BCUT2D eigenvalue weighted by molar-refractivity contribution is -0.114. The number of thioether (sulfide) groups is 1. The second kappa shape index (κ2) is 10.4. The predicted molar refractivity (Wildman–Crippen MR) is 157 cm³/mol. The van der Waals surface area contributed by atoms with Crippen LogP contribution in [0.15, 0.2) is 101 Å². The average molecular weight is 553 g/mol. The van der Waals surface area contributed by atoms with Crippen molar-refractivity contribution in [2.45, 2.75) is 6.61 Å². The highest BCUT2D eigenvalue weighted by atomic mass is 35.5. The molecule has 0 aliphatic carbocycles. The summed E-state index contributed by atoms with van der Waals surface area (Å²) in [6, 6.07) is 27.0. The second-order valence-electron chi connectivity index (χ2n) is 8.74. The third-order valence-electron chi connectivity index (χ3n) is 6.32. The van der Waals surface area contributed by atoms with Crippen molar-refractivity contribution >= 4 is 62.2 Å². The van der Waals surface area contributed by atoms with Crippen LogP contribution in [0.1, 0.15) is 16.7 Å². The quantitative estimate of drug-likeness (QED) is 0.267. The van der Waals surface area contributed by atoms with Crippen LogP contribution in [0.25, 0.3) is 16.8 Å². The van der Waals surface area contributed by atoms with Gasteiger partial charge in [-0.1, -0.05) is 78.3 Å². The first-order valence-electron chi connectivity index (χ1n) is 12.0. The average Bonchev–Trinajstić information content (AvgIpc) is 3.38. The first-order valence-corrected chi connectivity index (χ1v) is 13.2. The van der Waals surface area contributed by atoms with Gasteiger partial charge in [-0.3, -0.25) is 10.2 Å². The summed E-state index contributed by atoms with van der Waals surface area (Å²) in [5.41, 5.74) is 2.57. The molecule has 4 aromatic rings. The maximum atomic E-state index is 12.9. The molecule has 9 heteroatoms. The van der Waals surface area contributed by atoms with Crippen LogP contribution in [0, 0.1) is 5.41 Å². The molecule has 2 aliphatic rings. The van der Waals surface area contributed by atoms with Crippen molar-refractivity contribution in [2.24, 2.45) is 10.1 Å². The lowest BCUT2D eigenvalue weighted by Crippen LogP contribution is -2.35. The van der Waals surface area contributed by atoms with Gasteiger partial charge >= 0.3 is 0 Å². The zero-order valence-electron chi connectivity index (χ0n) is 20.7. The van der Waals surface area contributed by atoms with Crippen molar-refractivity contribution < 1.29 is 14.3 Å². The van der Waals surface area contributed by atoms with E-state index >= 15 is 0 Å². The Morgan fingerprint density at radius 2 is 1.79 bits per heavy atom. The van der Waals surface area contributed by atoms with E-state index in [9.17, 15) is 4.79 Å². The molecule has 0 unspecified atom stereocenters. The zero-order chi connectivity index (χ0) is 26.9. The summed E-state index contributed by atoms with van der Waals surface area (Å²) in [4.78, 5) is 17.0. The fourth-order valence-corrected chi connectivity index (χ4v) is 5.58. The number of amidine groups is 2. The highest BCUT2D eigenvalue weighted by molar-refractivity contribution is 8.27. The van der Waals surface area contributed by atoms with E-state index in [-0.39, 0.29) is 11.4 Å². The van der Waals surface area contributed by atoms with Crippen LogP contribution in [0.2, 0.25) is 5.02 Å². The van der Waals surface area contributed by atoms with Crippen LogP contribution in [0.3, 0.4) is 0 Å². The van der Waals surface area contributed by atoms with E-state index in [0.29, 0.717) is 38.9 Å². The molecule has 1 N–H and O–H groups in total. The Kier molecular flexibility index (Phi) is 6.64. The molecule has 0 radical (unpaired) electrons. The molecule has 39 heavy (non-hydrogen) atoms.